The standard InChI is InChI=1S/C25H33ClO8/c26-20-21-5-6-24-25(19-21)34-18-14-30-10-9-28-12-16-32-23-4-2-1-3-22(23)31-15-11-27-7-8-29-13-17-33-24/h1-6,19H,7-18,20H2. The van der Waals surface area contributed by atoms with Crippen molar-refractivity contribution in [3.63, 3.8) is 0 Å². The van der Waals surface area contributed by atoms with Gasteiger partial charge < -0.3 is 37.9 Å². The molecule has 2 aromatic carbocycles. The molecule has 2 aromatic rings. The minimum Gasteiger partial charge on any atom is -0.487 e. The zero-order chi connectivity index (χ0) is 23.7. The lowest BCUT2D eigenvalue weighted by Gasteiger charge is -2.15. The Hall–Kier alpha value is -2.23. The van der Waals surface area contributed by atoms with E-state index in [0.29, 0.717) is 108 Å². The van der Waals surface area contributed by atoms with Crippen LogP contribution in [0.5, 0.6) is 23.0 Å². The normalized spacial score (nSPS) is 17.9. The van der Waals surface area contributed by atoms with Gasteiger partial charge in [0, 0.05) is 5.88 Å². The summed E-state index contributed by atoms with van der Waals surface area (Å²) in [7, 11) is 0. The van der Waals surface area contributed by atoms with E-state index >= 15 is 0 Å². The monoisotopic (exact) mass is 496 g/mol. The van der Waals surface area contributed by atoms with Gasteiger partial charge in [-0.2, -0.15) is 0 Å². The van der Waals surface area contributed by atoms with E-state index in [4.69, 9.17) is 49.5 Å². The number of alkyl halides is 1. The highest BCUT2D eigenvalue weighted by atomic mass is 35.5. The van der Waals surface area contributed by atoms with Gasteiger partial charge in [-0.1, -0.05) is 18.2 Å². The predicted octanol–water partition coefficient (Wildman–Crippen LogP) is 3.72. The molecule has 0 radical (unpaired) electrons. The maximum absolute atomic E-state index is 5.96. The van der Waals surface area contributed by atoms with Crippen LogP contribution in [0.4, 0.5) is 0 Å². The van der Waals surface area contributed by atoms with Crippen LogP contribution in [0.15, 0.2) is 42.5 Å². The Morgan fingerprint density at radius 2 is 0.853 bits per heavy atom. The van der Waals surface area contributed by atoms with Crippen molar-refractivity contribution in [1.29, 1.82) is 0 Å². The predicted molar refractivity (Wildman–Crippen MR) is 128 cm³/mol. The number of ether oxygens (including phenoxy) is 8. The van der Waals surface area contributed by atoms with Gasteiger partial charge >= 0.3 is 0 Å². The van der Waals surface area contributed by atoms with Gasteiger partial charge in [-0.15, -0.1) is 11.6 Å². The highest BCUT2D eigenvalue weighted by Gasteiger charge is 2.08. The van der Waals surface area contributed by atoms with Crippen molar-refractivity contribution in [3.05, 3.63) is 48.0 Å². The summed E-state index contributed by atoms with van der Waals surface area (Å²) in [6.45, 7) is 5.24. The van der Waals surface area contributed by atoms with Crippen molar-refractivity contribution in [2.45, 2.75) is 5.88 Å². The number of hydrogen-bond acceptors (Lipinski definition) is 8. The molecule has 0 atom stereocenters. The molecule has 3 rings (SSSR count). The average Bonchev–Trinajstić information content (AvgIpc) is 2.87. The molecule has 0 spiro atoms. The molecule has 8 nitrogen and oxygen atoms in total. The Labute approximate surface area is 205 Å². The van der Waals surface area contributed by atoms with Crippen molar-refractivity contribution >= 4 is 11.6 Å². The minimum absolute atomic E-state index is 0.385. The first-order valence-electron chi connectivity index (χ1n) is 11.5. The third kappa shape index (κ3) is 9.95. The molecule has 0 aliphatic carbocycles. The van der Waals surface area contributed by atoms with Gasteiger partial charge in [0.05, 0.1) is 52.9 Å². The molecule has 1 aliphatic rings. The lowest BCUT2D eigenvalue weighted by molar-refractivity contribution is 0.0223. The summed E-state index contributed by atoms with van der Waals surface area (Å²) in [6.07, 6.45) is 0. The van der Waals surface area contributed by atoms with E-state index in [2.05, 4.69) is 0 Å². The van der Waals surface area contributed by atoms with Crippen LogP contribution in [-0.4, -0.2) is 79.3 Å². The number of halogens is 1. The molecule has 0 amide bonds. The highest BCUT2D eigenvalue weighted by molar-refractivity contribution is 6.17. The van der Waals surface area contributed by atoms with Gasteiger partial charge in [0.25, 0.3) is 0 Å². The third-order valence-electron chi connectivity index (χ3n) is 4.70. The fraction of sp³-hybridized carbons (Fsp3) is 0.520. The average molecular weight is 497 g/mol. The molecular weight excluding hydrogens is 464 g/mol. The number of para-hydroxylation sites is 2. The minimum atomic E-state index is 0.385. The van der Waals surface area contributed by atoms with E-state index in [9.17, 15) is 0 Å². The Bertz CT molecular complexity index is 819. The van der Waals surface area contributed by atoms with Crippen molar-refractivity contribution in [2.24, 2.45) is 0 Å². The van der Waals surface area contributed by atoms with Crippen LogP contribution in [0, 0.1) is 0 Å². The molecule has 0 saturated heterocycles. The fourth-order valence-electron chi connectivity index (χ4n) is 3.04. The van der Waals surface area contributed by atoms with Crippen LogP contribution in [0.25, 0.3) is 0 Å². The molecule has 0 N–H and O–H groups in total. The molecule has 9 heteroatoms. The third-order valence-corrected chi connectivity index (χ3v) is 5.01. The fourth-order valence-corrected chi connectivity index (χ4v) is 3.21. The van der Waals surface area contributed by atoms with Crippen molar-refractivity contribution in [2.75, 3.05) is 79.3 Å². The number of fused-ring (bicyclic) bond motifs is 2. The summed E-state index contributed by atoms with van der Waals surface area (Å²) in [5, 5.41) is 0. The summed E-state index contributed by atoms with van der Waals surface area (Å²) in [4.78, 5) is 0. The molecule has 0 aromatic heterocycles. The Morgan fingerprint density at radius 3 is 1.29 bits per heavy atom. The second-order valence-corrected chi connectivity index (χ2v) is 7.47. The van der Waals surface area contributed by atoms with Gasteiger partial charge in [0.15, 0.2) is 23.0 Å². The molecule has 0 unspecified atom stereocenters. The van der Waals surface area contributed by atoms with Crippen LogP contribution in [0.3, 0.4) is 0 Å². The topological polar surface area (TPSA) is 73.8 Å². The highest BCUT2D eigenvalue weighted by Crippen LogP contribution is 2.29. The summed E-state index contributed by atoms with van der Waals surface area (Å²) in [6, 6.07) is 13.2. The van der Waals surface area contributed by atoms with E-state index in [1.54, 1.807) is 0 Å². The Balaban J connectivity index is 1.48. The summed E-state index contributed by atoms with van der Waals surface area (Å²) >= 11 is 5.96. The maximum Gasteiger partial charge on any atom is 0.161 e. The van der Waals surface area contributed by atoms with E-state index in [0.717, 1.165) is 5.56 Å². The van der Waals surface area contributed by atoms with Crippen LogP contribution in [0.2, 0.25) is 0 Å². The summed E-state index contributed by atoms with van der Waals surface area (Å²) in [5.41, 5.74) is 0.953. The van der Waals surface area contributed by atoms with Crippen LogP contribution in [0.1, 0.15) is 5.56 Å². The smallest absolute Gasteiger partial charge is 0.161 e. The number of hydrogen-bond donors (Lipinski definition) is 0. The second-order valence-electron chi connectivity index (χ2n) is 7.20. The van der Waals surface area contributed by atoms with Gasteiger partial charge in [0.1, 0.15) is 26.4 Å². The van der Waals surface area contributed by atoms with Crippen LogP contribution < -0.4 is 18.9 Å². The zero-order valence-corrected chi connectivity index (χ0v) is 20.1. The van der Waals surface area contributed by atoms with E-state index < -0.39 is 0 Å². The van der Waals surface area contributed by atoms with Crippen molar-refractivity contribution < 1.29 is 37.9 Å². The summed E-state index contributed by atoms with van der Waals surface area (Å²) < 4.78 is 45.6. The molecule has 0 saturated carbocycles. The van der Waals surface area contributed by atoms with Crippen molar-refractivity contribution in [1.82, 2.24) is 0 Å². The van der Waals surface area contributed by atoms with Gasteiger partial charge in [0.2, 0.25) is 0 Å². The summed E-state index contributed by atoms with van der Waals surface area (Å²) in [5.74, 6) is 3.02. The van der Waals surface area contributed by atoms with Crippen LogP contribution in [-0.2, 0) is 24.8 Å². The molecule has 0 fully saturated rings. The maximum atomic E-state index is 5.96. The molecule has 188 valence electrons. The first kappa shape index (κ1) is 26.4. The molecule has 34 heavy (non-hydrogen) atoms. The van der Waals surface area contributed by atoms with Crippen molar-refractivity contribution in [3.8, 4) is 23.0 Å². The number of benzene rings is 2. The van der Waals surface area contributed by atoms with Gasteiger partial charge in [-0.3, -0.25) is 0 Å². The van der Waals surface area contributed by atoms with Gasteiger partial charge in [-0.25, -0.2) is 0 Å². The molecule has 1 heterocycles. The number of rotatable bonds is 1. The van der Waals surface area contributed by atoms with Crippen LogP contribution >= 0.6 is 11.6 Å². The quantitative estimate of drug-likeness (QED) is 0.553. The van der Waals surface area contributed by atoms with E-state index in [1.165, 1.54) is 0 Å². The lowest BCUT2D eigenvalue weighted by Crippen LogP contribution is -2.15. The molecular formula is C25H33ClO8. The Kier molecular flexibility index (Phi) is 12.7. The first-order valence-corrected chi connectivity index (χ1v) is 12.0. The second kappa shape index (κ2) is 16.4. The van der Waals surface area contributed by atoms with E-state index in [1.807, 2.05) is 42.5 Å². The SMILES string of the molecule is ClCc1ccc2c(c1)OCCOCCOCCOc1ccccc1OCCOCCOCCO2. The lowest BCUT2D eigenvalue weighted by atomic mass is 10.2. The van der Waals surface area contributed by atoms with E-state index in [-0.39, 0.29) is 0 Å². The zero-order valence-electron chi connectivity index (χ0n) is 19.4. The molecule has 1 aliphatic heterocycles. The largest absolute Gasteiger partial charge is 0.487 e. The molecule has 0 bridgehead atoms. The first-order chi connectivity index (χ1) is 16.9. The Morgan fingerprint density at radius 1 is 0.471 bits per heavy atom. The van der Waals surface area contributed by atoms with Gasteiger partial charge in [-0.05, 0) is 29.8 Å².